The number of hydrogen-bond donors (Lipinski definition) is 1. The molecular formula is C12H14BrFN4O2S. The van der Waals surface area contributed by atoms with Crippen LogP contribution < -0.4 is 5.14 Å². The van der Waals surface area contributed by atoms with E-state index >= 15 is 0 Å². The lowest BCUT2D eigenvalue weighted by Crippen LogP contribution is -2.20. The summed E-state index contributed by atoms with van der Waals surface area (Å²) in [4.78, 5) is 0. The van der Waals surface area contributed by atoms with Crippen LogP contribution in [0.5, 0.6) is 0 Å². The zero-order chi connectivity index (χ0) is 15.8. The van der Waals surface area contributed by atoms with E-state index in [-0.39, 0.29) is 16.9 Å². The van der Waals surface area contributed by atoms with E-state index in [0.717, 1.165) is 0 Å². The molecule has 1 aromatic heterocycles. The van der Waals surface area contributed by atoms with Crippen molar-refractivity contribution < 1.29 is 12.8 Å². The Kier molecular flexibility index (Phi) is 4.45. The lowest BCUT2D eigenvalue weighted by atomic mass is 10.2. The molecule has 9 heteroatoms. The molecule has 114 valence electrons. The highest BCUT2D eigenvalue weighted by molar-refractivity contribution is 9.10. The van der Waals surface area contributed by atoms with E-state index in [1.54, 1.807) is 0 Å². The first-order chi connectivity index (χ1) is 9.70. The predicted octanol–water partition coefficient (Wildman–Crippen LogP) is 2.15. The lowest BCUT2D eigenvalue weighted by molar-refractivity contribution is 0.486. The standard InChI is InChI=1S/C12H14BrFN4O2S/c1-7(2)6-18-11(16-17-12(18)21(15,19)20)9-5-8(14)3-4-10(9)13/h3-5,7H,6H2,1-2H3,(H2,15,19,20). The molecule has 0 aliphatic carbocycles. The molecule has 0 aliphatic rings. The van der Waals surface area contributed by atoms with E-state index in [9.17, 15) is 12.8 Å². The van der Waals surface area contributed by atoms with E-state index in [1.807, 2.05) is 13.8 Å². The van der Waals surface area contributed by atoms with Crippen molar-refractivity contribution >= 4 is 26.0 Å². The highest BCUT2D eigenvalue weighted by Crippen LogP contribution is 2.29. The molecule has 0 bridgehead atoms. The molecule has 21 heavy (non-hydrogen) atoms. The van der Waals surface area contributed by atoms with Gasteiger partial charge in [0.1, 0.15) is 5.82 Å². The van der Waals surface area contributed by atoms with Crippen molar-refractivity contribution in [1.29, 1.82) is 0 Å². The maximum absolute atomic E-state index is 13.4. The van der Waals surface area contributed by atoms with Crippen LogP contribution in [0.25, 0.3) is 11.4 Å². The van der Waals surface area contributed by atoms with E-state index in [2.05, 4.69) is 26.1 Å². The Hall–Kier alpha value is -1.32. The fourth-order valence-electron chi connectivity index (χ4n) is 1.90. The van der Waals surface area contributed by atoms with Gasteiger partial charge in [-0.05, 0) is 24.1 Å². The Morgan fingerprint density at radius 2 is 2.05 bits per heavy atom. The fraction of sp³-hybridized carbons (Fsp3) is 0.333. The molecule has 0 saturated heterocycles. The van der Waals surface area contributed by atoms with Crippen molar-refractivity contribution in [1.82, 2.24) is 14.8 Å². The Labute approximate surface area is 130 Å². The zero-order valence-corrected chi connectivity index (χ0v) is 13.8. The maximum Gasteiger partial charge on any atom is 0.273 e. The van der Waals surface area contributed by atoms with Crippen LogP contribution in [-0.2, 0) is 16.6 Å². The minimum Gasteiger partial charge on any atom is -0.296 e. The molecule has 0 spiro atoms. The molecular weight excluding hydrogens is 363 g/mol. The monoisotopic (exact) mass is 376 g/mol. The van der Waals surface area contributed by atoms with E-state index in [4.69, 9.17) is 5.14 Å². The van der Waals surface area contributed by atoms with Gasteiger partial charge in [-0.3, -0.25) is 4.57 Å². The largest absolute Gasteiger partial charge is 0.296 e. The van der Waals surface area contributed by atoms with E-state index in [0.29, 0.717) is 16.6 Å². The molecule has 2 aromatic rings. The molecule has 0 unspecified atom stereocenters. The first-order valence-electron chi connectivity index (χ1n) is 6.11. The Bertz CT molecular complexity index is 774. The van der Waals surface area contributed by atoms with Crippen molar-refractivity contribution in [2.75, 3.05) is 0 Å². The average molecular weight is 377 g/mol. The number of halogens is 2. The summed E-state index contributed by atoms with van der Waals surface area (Å²) in [5, 5.41) is 12.3. The van der Waals surface area contributed by atoms with Crippen LogP contribution in [0.3, 0.4) is 0 Å². The van der Waals surface area contributed by atoms with Gasteiger partial charge < -0.3 is 0 Å². The summed E-state index contributed by atoms with van der Waals surface area (Å²) < 4.78 is 38.6. The quantitative estimate of drug-likeness (QED) is 0.884. The number of nitrogens with two attached hydrogens (primary N) is 1. The lowest BCUT2D eigenvalue weighted by Gasteiger charge is -2.12. The summed E-state index contributed by atoms with van der Waals surface area (Å²) in [6.45, 7) is 4.17. The van der Waals surface area contributed by atoms with Crippen molar-refractivity contribution in [3.63, 3.8) is 0 Å². The molecule has 1 aromatic carbocycles. The van der Waals surface area contributed by atoms with Crippen LogP contribution in [0.15, 0.2) is 27.8 Å². The van der Waals surface area contributed by atoms with Gasteiger partial charge >= 0.3 is 0 Å². The van der Waals surface area contributed by atoms with Crippen LogP contribution in [0.1, 0.15) is 13.8 Å². The third kappa shape index (κ3) is 3.47. The zero-order valence-electron chi connectivity index (χ0n) is 11.4. The van der Waals surface area contributed by atoms with Crippen LogP contribution in [0, 0.1) is 11.7 Å². The van der Waals surface area contributed by atoms with Gasteiger partial charge in [0.2, 0.25) is 0 Å². The van der Waals surface area contributed by atoms with Crippen molar-refractivity contribution in [3.05, 3.63) is 28.5 Å². The summed E-state index contributed by atoms with van der Waals surface area (Å²) in [5.74, 6) is -0.0730. The summed E-state index contributed by atoms with van der Waals surface area (Å²) in [5.41, 5.74) is 0.415. The molecule has 2 rings (SSSR count). The third-order valence-corrected chi connectivity index (χ3v) is 4.19. The number of primary sulfonamides is 1. The van der Waals surface area contributed by atoms with E-state index < -0.39 is 15.8 Å². The summed E-state index contributed by atoms with van der Waals surface area (Å²) in [6.07, 6.45) is 0. The van der Waals surface area contributed by atoms with E-state index in [1.165, 1.54) is 22.8 Å². The van der Waals surface area contributed by atoms with Gasteiger partial charge in [0, 0.05) is 16.6 Å². The van der Waals surface area contributed by atoms with Gasteiger partial charge in [0.05, 0.1) is 0 Å². The Morgan fingerprint density at radius 3 is 2.62 bits per heavy atom. The van der Waals surface area contributed by atoms with Crippen LogP contribution in [0.4, 0.5) is 4.39 Å². The molecule has 0 atom stereocenters. The molecule has 0 saturated carbocycles. The molecule has 6 nitrogen and oxygen atoms in total. The Morgan fingerprint density at radius 1 is 1.38 bits per heavy atom. The number of nitrogens with zero attached hydrogens (tertiary/aromatic N) is 3. The predicted molar refractivity (Wildman–Crippen MR) is 79.3 cm³/mol. The molecule has 0 fully saturated rings. The van der Waals surface area contributed by atoms with Gasteiger partial charge in [-0.2, -0.15) is 0 Å². The summed E-state index contributed by atoms with van der Waals surface area (Å²) >= 11 is 3.30. The minimum atomic E-state index is -4.01. The molecule has 0 amide bonds. The number of sulfonamides is 1. The van der Waals surface area contributed by atoms with Gasteiger partial charge in [0.15, 0.2) is 5.82 Å². The number of aromatic nitrogens is 3. The van der Waals surface area contributed by atoms with Crippen molar-refractivity contribution in [2.24, 2.45) is 11.1 Å². The van der Waals surface area contributed by atoms with Gasteiger partial charge in [-0.15, -0.1) is 10.2 Å². The van der Waals surface area contributed by atoms with Gasteiger partial charge in [0.25, 0.3) is 15.2 Å². The topological polar surface area (TPSA) is 90.9 Å². The van der Waals surface area contributed by atoms with Crippen molar-refractivity contribution in [2.45, 2.75) is 25.5 Å². The molecule has 1 heterocycles. The normalized spacial score (nSPS) is 12.1. The van der Waals surface area contributed by atoms with Gasteiger partial charge in [-0.25, -0.2) is 17.9 Å². The van der Waals surface area contributed by atoms with Crippen LogP contribution in [0.2, 0.25) is 0 Å². The Balaban J connectivity index is 2.69. The highest BCUT2D eigenvalue weighted by atomic mass is 79.9. The number of hydrogen-bond acceptors (Lipinski definition) is 4. The molecule has 2 N–H and O–H groups in total. The smallest absolute Gasteiger partial charge is 0.273 e. The van der Waals surface area contributed by atoms with Crippen LogP contribution in [-0.4, -0.2) is 23.2 Å². The average Bonchev–Trinajstić information content (AvgIpc) is 2.74. The second-order valence-corrected chi connectivity index (χ2v) is 7.29. The highest BCUT2D eigenvalue weighted by Gasteiger charge is 2.23. The second-order valence-electron chi connectivity index (χ2n) is 4.98. The fourth-order valence-corrected chi connectivity index (χ4v) is 2.94. The van der Waals surface area contributed by atoms with Gasteiger partial charge in [-0.1, -0.05) is 29.8 Å². The third-order valence-electron chi connectivity index (χ3n) is 2.69. The second kappa shape index (κ2) is 5.82. The summed E-state index contributed by atoms with van der Waals surface area (Å²) in [6, 6.07) is 4.07. The molecule has 0 aliphatic heterocycles. The maximum atomic E-state index is 13.4. The first kappa shape index (κ1) is 16.1. The first-order valence-corrected chi connectivity index (χ1v) is 8.45. The number of benzene rings is 1. The summed E-state index contributed by atoms with van der Waals surface area (Å²) in [7, 11) is -4.01. The molecule has 0 radical (unpaired) electrons. The minimum absolute atomic E-state index is 0.132. The number of rotatable bonds is 4. The SMILES string of the molecule is CC(C)Cn1c(-c2cc(F)ccc2Br)nnc1S(N)(=O)=O. The van der Waals surface area contributed by atoms with Crippen molar-refractivity contribution in [3.8, 4) is 11.4 Å². The van der Waals surface area contributed by atoms with Crippen LogP contribution >= 0.6 is 15.9 Å².